The summed E-state index contributed by atoms with van der Waals surface area (Å²) in [5.41, 5.74) is 6.50. The predicted octanol–water partition coefficient (Wildman–Crippen LogP) is 4.50. The van der Waals surface area contributed by atoms with E-state index in [9.17, 15) is 4.79 Å². The quantitative estimate of drug-likeness (QED) is 0.521. The van der Waals surface area contributed by atoms with E-state index in [-0.39, 0.29) is 5.78 Å². The molecule has 0 fully saturated rings. The lowest BCUT2D eigenvalue weighted by Crippen LogP contribution is -2.02. The molecule has 0 aliphatic heterocycles. The molecule has 0 radical (unpaired) electrons. The number of ether oxygens (including phenoxy) is 1. The van der Waals surface area contributed by atoms with Crippen LogP contribution in [-0.4, -0.2) is 12.9 Å². The molecule has 0 amide bonds. The van der Waals surface area contributed by atoms with Crippen LogP contribution in [0.4, 0.5) is 0 Å². The average molecular weight is 300 g/mol. The van der Waals surface area contributed by atoms with Gasteiger partial charge in [-0.25, -0.2) is 0 Å². The summed E-state index contributed by atoms with van der Waals surface area (Å²) in [6.45, 7) is 0. The predicted molar refractivity (Wildman–Crippen MR) is 91.1 cm³/mol. The number of carbonyl (C=O) groups excluding carboxylic acids is 1. The average Bonchev–Trinajstić information content (AvgIpc) is 2.99. The molecule has 3 aromatic carbocycles. The van der Waals surface area contributed by atoms with Gasteiger partial charge in [-0.05, 0) is 59.0 Å². The van der Waals surface area contributed by atoms with E-state index in [0.29, 0.717) is 5.56 Å². The van der Waals surface area contributed by atoms with Gasteiger partial charge in [-0.2, -0.15) is 0 Å². The SMILES string of the molecule is COc1ccc(C(=O)c2ccc3c(c2)Cc2ccccc2-3)cc1. The first kappa shape index (κ1) is 13.8. The highest BCUT2D eigenvalue weighted by molar-refractivity contribution is 6.09. The molecule has 4 rings (SSSR count). The Morgan fingerprint density at radius 1 is 0.826 bits per heavy atom. The number of hydrogen-bond donors (Lipinski definition) is 0. The Balaban J connectivity index is 1.68. The molecular formula is C21H16O2. The van der Waals surface area contributed by atoms with Crippen molar-refractivity contribution in [1.82, 2.24) is 0 Å². The summed E-state index contributed by atoms with van der Waals surface area (Å²) in [6, 6.07) is 21.7. The van der Waals surface area contributed by atoms with Crippen LogP contribution in [0.3, 0.4) is 0 Å². The molecule has 0 saturated carbocycles. The normalized spacial score (nSPS) is 11.7. The van der Waals surface area contributed by atoms with Crippen molar-refractivity contribution in [2.45, 2.75) is 6.42 Å². The Morgan fingerprint density at radius 3 is 2.30 bits per heavy atom. The smallest absolute Gasteiger partial charge is 0.193 e. The zero-order valence-electron chi connectivity index (χ0n) is 12.9. The lowest BCUT2D eigenvalue weighted by atomic mass is 9.98. The summed E-state index contributed by atoms with van der Waals surface area (Å²) in [4.78, 5) is 12.7. The monoisotopic (exact) mass is 300 g/mol. The summed E-state index contributed by atoms with van der Waals surface area (Å²) in [5.74, 6) is 0.803. The molecule has 0 atom stereocenters. The van der Waals surface area contributed by atoms with Crippen LogP contribution >= 0.6 is 0 Å². The second-order valence-corrected chi connectivity index (χ2v) is 5.76. The number of methoxy groups -OCH3 is 1. The maximum atomic E-state index is 12.7. The fraction of sp³-hybridized carbons (Fsp3) is 0.0952. The first-order chi connectivity index (χ1) is 11.3. The molecule has 0 N–H and O–H groups in total. The van der Waals surface area contributed by atoms with Crippen molar-refractivity contribution in [3.63, 3.8) is 0 Å². The fourth-order valence-electron chi connectivity index (χ4n) is 3.20. The van der Waals surface area contributed by atoms with Gasteiger partial charge in [-0.1, -0.05) is 36.4 Å². The van der Waals surface area contributed by atoms with Gasteiger partial charge in [0.15, 0.2) is 5.78 Å². The van der Waals surface area contributed by atoms with Crippen LogP contribution in [0.1, 0.15) is 27.0 Å². The second-order valence-electron chi connectivity index (χ2n) is 5.76. The van der Waals surface area contributed by atoms with Crippen molar-refractivity contribution in [1.29, 1.82) is 0 Å². The van der Waals surface area contributed by atoms with Crippen LogP contribution in [0.25, 0.3) is 11.1 Å². The molecule has 0 saturated heterocycles. The molecule has 0 unspecified atom stereocenters. The van der Waals surface area contributed by atoms with Crippen LogP contribution < -0.4 is 4.74 Å². The van der Waals surface area contributed by atoms with Gasteiger partial charge < -0.3 is 4.74 Å². The number of hydrogen-bond acceptors (Lipinski definition) is 2. The molecule has 1 aliphatic rings. The summed E-state index contributed by atoms with van der Waals surface area (Å²) >= 11 is 0. The van der Waals surface area contributed by atoms with Gasteiger partial charge in [-0.15, -0.1) is 0 Å². The van der Waals surface area contributed by atoms with E-state index in [4.69, 9.17) is 4.74 Å². The molecule has 0 aromatic heterocycles. The first-order valence-electron chi connectivity index (χ1n) is 7.66. The van der Waals surface area contributed by atoms with Crippen LogP contribution in [0.5, 0.6) is 5.75 Å². The minimum atomic E-state index is 0.0476. The van der Waals surface area contributed by atoms with Crippen molar-refractivity contribution in [3.8, 4) is 16.9 Å². The minimum absolute atomic E-state index is 0.0476. The van der Waals surface area contributed by atoms with Crippen LogP contribution in [0.2, 0.25) is 0 Å². The highest BCUT2D eigenvalue weighted by atomic mass is 16.5. The molecule has 2 heteroatoms. The number of fused-ring (bicyclic) bond motifs is 3. The lowest BCUT2D eigenvalue weighted by Gasteiger charge is -2.06. The molecule has 23 heavy (non-hydrogen) atoms. The molecular weight excluding hydrogens is 284 g/mol. The molecule has 0 bridgehead atoms. The van der Waals surface area contributed by atoms with Crippen molar-refractivity contribution in [3.05, 3.63) is 89.0 Å². The van der Waals surface area contributed by atoms with Crippen LogP contribution in [0.15, 0.2) is 66.7 Å². The molecule has 2 nitrogen and oxygen atoms in total. The highest BCUT2D eigenvalue weighted by Crippen LogP contribution is 2.36. The maximum Gasteiger partial charge on any atom is 0.193 e. The van der Waals surface area contributed by atoms with Crippen LogP contribution in [-0.2, 0) is 6.42 Å². The Morgan fingerprint density at radius 2 is 1.52 bits per heavy atom. The third kappa shape index (κ3) is 2.33. The zero-order valence-corrected chi connectivity index (χ0v) is 12.9. The number of benzene rings is 3. The van der Waals surface area contributed by atoms with E-state index in [1.807, 2.05) is 36.4 Å². The van der Waals surface area contributed by atoms with Crippen molar-refractivity contribution >= 4 is 5.78 Å². The van der Waals surface area contributed by atoms with E-state index in [1.165, 1.54) is 22.3 Å². The Kier molecular flexibility index (Phi) is 3.23. The summed E-state index contributed by atoms with van der Waals surface area (Å²) < 4.78 is 5.14. The van der Waals surface area contributed by atoms with E-state index >= 15 is 0 Å². The second kappa shape index (κ2) is 5.40. The van der Waals surface area contributed by atoms with Crippen molar-refractivity contribution in [2.24, 2.45) is 0 Å². The van der Waals surface area contributed by atoms with Gasteiger partial charge >= 0.3 is 0 Å². The van der Waals surface area contributed by atoms with Gasteiger partial charge in [0.05, 0.1) is 7.11 Å². The van der Waals surface area contributed by atoms with E-state index in [1.54, 1.807) is 7.11 Å². The minimum Gasteiger partial charge on any atom is -0.497 e. The summed E-state index contributed by atoms with van der Waals surface area (Å²) in [7, 11) is 1.62. The molecule has 0 heterocycles. The highest BCUT2D eigenvalue weighted by Gasteiger charge is 2.19. The summed E-state index contributed by atoms with van der Waals surface area (Å²) in [5, 5.41) is 0. The van der Waals surface area contributed by atoms with Gasteiger partial charge in [0, 0.05) is 11.1 Å². The van der Waals surface area contributed by atoms with Crippen molar-refractivity contribution in [2.75, 3.05) is 7.11 Å². The van der Waals surface area contributed by atoms with Gasteiger partial charge in [0.2, 0.25) is 0 Å². The molecule has 0 spiro atoms. The van der Waals surface area contributed by atoms with Gasteiger partial charge in [-0.3, -0.25) is 4.79 Å². The van der Waals surface area contributed by atoms with E-state index in [2.05, 4.69) is 30.3 Å². The number of rotatable bonds is 3. The third-order valence-electron chi connectivity index (χ3n) is 4.41. The van der Waals surface area contributed by atoms with Crippen LogP contribution in [0, 0.1) is 0 Å². The number of ketones is 1. The maximum absolute atomic E-state index is 12.7. The molecule has 1 aliphatic carbocycles. The Bertz CT molecular complexity index is 892. The molecule has 3 aromatic rings. The summed E-state index contributed by atoms with van der Waals surface area (Å²) in [6.07, 6.45) is 0.898. The Labute approximate surface area is 135 Å². The van der Waals surface area contributed by atoms with E-state index in [0.717, 1.165) is 17.7 Å². The standard InChI is InChI=1S/C21H16O2/c1-23-18-9-6-14(7-10-18)21(22)16-8-11-20-17(13-16)12-15-4-2-3-5-19(15)20/h2-11,13H,12H2,1H3. The lowest BCUT2D eigenvalue weighted by molar-refractivity contribution is 0.103. The van der Waals surface area contributed by atoms with E-state index < -0.39 is 0 Å². The topological polar surface area (TPSA) is 26.3 Å². The zero-order chi connectivity index (χ0) is 15.8. The van der Waals surface area contributed by atoms with Crippen molar-refractivity contribution < 1.29 is 9.53 Å². The van der Waals surface area contributed by atoms with Gasteiger partial charge in [0.1, 0.15) is 5.75 Å². The largest absolute Gasteiger partial charge is 0.497 e. The fourth-order valence-corrected chi connectivity index (χ4v) is 3.20. The Hall–Kier alpha value is -2.87. The third-order valence-corrected chi connectivity index (χ3v) is 4.41. The number of carbonyl (C=O) groups is 1. The first-order valence-corrected chi connectivity index (χ1v) is 7.66. The van der Waals surface area contributed by atoms with Gasteiger partial charge in [0.25, 0.3) is 0 Å². The molecule has 112 valence electrons.